The maximum atomic E-state index is 13.4. The summed E-state index contributed by atoms with van der Waals surface area (Å²) in [6.45, 7) is 7.28. The molecule has 2 heterocycles. The Labute approximate surface area is 195 Å². The number of aryl methyl sites for hydroxylation is 1. The van der Waals surface area contributed by atoms with Crippen molar-refractivity contribution in [2.75, 3.05) is 46.5 Å². The molecule has 1 aromatic heterocycles. The first-order valence-electron chi connectivity index (χ1n) is 11.5. The van der Waals surface area contributed by atoms with E-state index < -0.39 is 6.10 Å². The number of hydrogen-bond donors (Lipinski definition) is 1. The molecule has 1 aromatic carbocycles. The monoisotopic (exact) mass is 460 g/mol. The van der Waals surface area contributed by atoms with Gasteiger partial charge in [0.1, 0.15) is 12.4 Å². The van der Waals surface area contributed by atoms with Gasteiger partial charge in [-0.15, -0.1) is 11.3 Å². The molecule has 0 bridgehead atoms. The molecule has 0 fully saturated rings. The highest BCUT2D eigenvalue weighted by atomic mass is 32.1. The van der Waals surface area contributed by atoms with Crippen LogP contribution in [0, 0.1) is 6.92 Å². The van der Waals surface area contributed by atoms with Crippen LogP contribution >= 0.6 is 11.3 Å². The van der Waals surface area contributed by atoms with E-state index in [1.807, 2.05) is 36.1 Å². The van der Waals surface area contributed by atoms with Gasteiger partial charge in [0.2, 0.25) is 5.91 Å². The van der Waals surface area contributed by atoms with Crippen LogP contribution in [0.1, 0.15) is 41.8 Å². The van der Waals surface area contributed by atoms with Crippen LogP contribution in [0.15, 0.2) is 35.7 Å². The van der Waals surface area contributed by atoms with E-state index in [0.717, 1.165) is 25.1 Å². The molecule has 6 nitrogen and oxygen atoms in total. The van der Waals surface area contributed by atoms with Gasteiger partial charge in [-0.3, -0.25) is 9.69 Å². The zero-order chi connectivity index (χ0) is 22.9. The van der Waals surface area contributed by atoms with E-state index >= 15 is 0 Å². The van der Waals surface area contributed by atoms with Gasteiger partial charge in [0, 0.05) is 38.2 Å². The summed E-state index contributed by atoms with van der Waals surface area (Å²) in [4.78, 5) is 18.8. The fourth-order valence-corrected chi connectivity index (χ4v) is 4.99. The van der Waals surface area contributed by atoms with Crippen molar-refractivity contribution >= 4 is 17.2 Å². The lowest BCUT2D eigenvalue weighted by molar-refractivity contribution is -0.136. The van der Waals surface area contributed by atoms with Crippen LogP contribution in [0.3, 0.4) is 0 Å². The van der Waals surface area contributed by atoms with E-state index in [4.69, 9.17) is 9.47 Å². The third-order valence-electron chi connectivity index (χ3n) is 5.97. The topological polar surface area (TPSA) is 62.2 Å². The van der Waals surface area contributed by atoms with Gasteiger partial charge < -0.3 is 19.5 Å². The SMILES string of the molecule is CC[C@H](O)CN(CCCOC)CC(=O)N1CCc2sccc2[C@@H]1COc1ccc(C)cc1. The highest BCUT2D eigenvalue weighted by Gasteiger charge is 2.33. The van der Waals surface area contributed by atoms with E-state index in [0.29, 0.717) is 39.3 Å². The van der Waals surface area contributed by atoms with Gasteiger partial charge in [0.05, 0.1) is 18.7 Å². The standard InChI is InChI=1S/C25H36N2O4S/c1-4-20(28)16-26(12-5-14-30-3)17-25(29)27-13-10-24-22(11-15-32-24)23(27)18-31-21-8-6-19(2)7-9-21/h6-9,11,15,20,23,28H,4-5,10,12-14,16-18H2,1-3H3/t20-,23-/m0/s1. The molecule has 0 unspecified atom stereocenters. The number of aliphatic hydroxyl groups is 1. The summed E-state index contributed by atoms with van der Waals surface area (Å²) in [5.41, 5.74) is 2.39. The maximum Gasteiger partial charge on any atom is 0.237 e. The minimum atomic E-state index is -0.434. The van der Waals surface area contributed by atoms with Gasteiger partial charge >= 0.3 is 0 Å². The lowest BCUT2D eigenvalue weighted by Crippen LogP contribution is -2.48. The summed E-state index contributed by atoms with van der Waals surface area (Å²) in [6, 6.07) is 10.0. The fraction of sp³-hybridized carbons (Fsp3) is 0.560. The third kappa shape index (κ3) is 6.78. The Kier molecular flexibility index (Phi) is 9.53. The Morgan fingerprint density at radius 1 is 1.31 bits per heavy atom. The number of aliphatic hydroxyl groups excluding tert-OH is 1. The number of thiophene rings is 1. The number of amides is 1. The molecule has 0 saturated heterocycles. The lowest BCUT2D eigenvalue weighted by atomic mass is 10.0. The van der Waals surface area contributed by atoms with Gasteiger partial charge in [0.25, 0.3) is 0 Å². The molecule has 0 radical (unpaired) electrons. The second kappa shape index (κ2) is 12.3. The molecule has 1 amide bonds. The smallest absolute Gasteiger partial charge is 0.237 e. The maximum absolute atomic E-state index is 13.4. The molecule has 2 atom stereocenters. The molecular formula is C25H36N2O4S. The Balaban J connectivity index is 1.70. The molecule has 1 aliphatic heterocycles. The number of benzene rings is 1. The highest BCUT2D eigenvalue weighted by Crippen LogP contribution is 2.34. The molecule has 176 valence electrons. The number of ether oxygens (including phenoxy) is 2. The molecule has 2 aromatic rings. The molecule has 3 rings (SSSR count). The first kappa shape index (κ1) is 24.7. The van der Waals surface area contributed by atoms with Crippen molar-refractivity contribution in [3.63, 3.8) is 0 Å². The number of carbonyl (C=O) groups is 1. The molecule has 1 N–H and O–H groups in total. The number of nitrogens with zero attached hydrogens (tertiary/aromatic N) is 2. The molecule has 7 heteroatoms. The first-order valence-corrected chi connectivity index (χ1v) is 12.3. The summed E-state index contributed by atoms with van der Waals surface area (Å²) in [5, 5.41) is 12.3. The highest BCUT2D eigenvalue weighted by molar-refractivity contribution is 7.10. The third-order valence-corrected chi connectivity index (χ3v) is 6.96. The van der Waals surface area contributed by atoms with Gasteiger partial charge in [-0.25, -0.2) is 0 Å². The largest absolute Gasteiger partial charge is 0.491 e. The van der Waals surface area contributed by atoms with Crippen LogP contribution in [0.25, 0.3) is 0 Å². The van der Waals surface area contributed by atoms with Crippen molar-refractivity contribution in [2.24, 2.45) is 0 Å². The number of carbonyl (C=O) groups excluding carboxylic acids is 1. The van der Waals surface area contributed by atoms with Gasteiger partial charge in [-0.05, 0) is 55.3 Å². The molecule has 0 aliphatic carbocycles. The van der Waals surface area contributed by atoms with E-state index in [2.05, 4.69) is 23.3 Å². The average molecular weight is 461 g/mol. The predicted octanol–water partition coefficient (Wildman–Crippen LogP) is 3.67. The molecule has 32 heavy (non-hydrogen) atoms. The summed E-state index contributed by atoms with van der Waals surface area (Å²) in [5.74, 6) is 0.901. The number of methoxy groups -OCH3 is 1. The Bertz CT molecular complexity index is 839. The molecule has 0 saturated carbocycles. The lowest BCUT2D eigenvalue weighted by Gasteiger charge is -2.37. The van der Waals surface area contributed by atoms with Crippen molar-refractivity contribution < 1.29 is 19.4 Å². The van der Waals surface area contributed by atoms with Crippen LogP contribution in [0.2, 0.25) is 0 Å². The Morgan fingerprint density at radius 2 is 2.09 bits per heavy atom. The molecule has 1 aliphatic rings. The minimum absolute atomic E-state index is 0.0834. The summed E-state index contributed by atoms with van der Waals surface area (Å²) in [7, 11) is 1.68. The predicted molar refractivity (Wildman–Crippen MR) is 128 cm³/mol. The summed E-state index contributed by atoms with van der Waals surface area (Å²) >= 11 is 1.75. The van der Waals surface area contributed by atoms with Crippen LogP contribution in [-0.2, 0) is 16.0 Å². The van der Waals surface area contributed by atoms with Crippen LogP contribution in [0.5, 0.6) is 5.75 Å². The second-order valence-corrected chi connectivity index (χ2v) is 9.42. The Morgan fingerprint density at radius 3 is 2.81 bits per heavy atom. The zero-order valence-corrected chi connectivity index (χ0v) is 20.3. The van der Waals surface area contributed by atoms with Crippen LogP contribution < -0.4 is 4.74 Å². The van der Waals surface area contributed by atoms with E-state index in [1.165, 1.54) is 16.0 Å². The van der Waals surface area contributed by atoms with Gasteiger partial charge in [-0.2, -0.15) is 0 Å². The van der Waals surface area contributed by atoms with Crippen molar-refractivity contribution in [2.45, 2.75) is 45.3 Å². The van der Waals surface area contributed by atoms with Crippen molar-refractivity contribution in [3.8, 4) is 5.75 Å². The zero-order valence-electron chi connectivity index (χ0n) is 19.5. The second-order valence-electron chi connectivity index (χ2n) is 8.42. The number of fused-ring (bicyclic) bond motifs is 1. The average Bonchev–Trinajstić information content (AvgIpc) is 3.27. The molecule has 0 spiro atoms. The Hall–Kier alpha value is -1.93. The first-order chi connectivity index (χ1) is 15.5. The number of rotatable bonds is 12. The summed E-state index contributed by atoms with van der Waals surface area (Å²) in [6.07, 6.45) is 1.94. The van der Waals surface area contributed by atoms with Crippen molar-refractivity contribution in [1.82, 2.24) is 9.80 Å². The van der Waals surface area contributed by atoms with Gasteiger partial charge in [-0.1, -0.05) is 24.6 Å². The van der Waals surface area contributed by atoms with E-state index in [1.54, 1.807) is 18.4 Å². The van der Waals surface area contributed by atoms with Gasteiger partial charge in [0.15, 0.2) is 0 Å². The quantitative estimate of drug-likeness (QED) is 0.490. The van der Waals surface area contributed by atoms with E-state index in [9.17, 15) is 9.90 Å². The normalized spacial score (nSPS) is 16.8. The fourth-order valence-electron chi connectivity index (χ4n) is 4.06. The van der Waals surface area contributed by atoms with Crippen molar-refractivity contribution in [1.29, 1.82) is 0 Å². The van der Waals surface area contributed by atoms with Crippen LogP contribution in [0.4, 0.5) is 0 Å². The van der Waals surface area contributed by atoms with Crippen LogP contribution in [-0.4, -0.2) is 73.4 Å². The van der Waals surface area contributed by atoms with Crippen molar-refractivity contribution in [3.05, 3.63) is 51.7 Å². The van der Waals surface area contributed by atoms with E-state index in [-0.39, 0.29) is 11.9 Å². The molecular weight excluding hydrogens is 424 g/mol. The number of hydrogen-bond acceptors (Lipinski definition) is 6. The summed E-state index contributed by atoms with van der Waals surface area (Å²) < 4.78 is 11.3. The minimum Gasteiger partial charge on any atom is -0.491 e.